The number of aliphatic hydroxyl groups excluding tert-OH is 1. The van der Waals surface area contributed by atoms with E-state index in [4.69, 9.17) is 9.63 Å². The van der Waals surface area contributed by atoms with Crippen molar-refractivity contribution in [3.63, 3.8) is 0 Å². The Morgan fingerprint density at radius 3 is 2.81 bits per heavy atom. The van der Waals surface area contributed by atoms with Crippen LogP contribution in [0.5, 0.6) is 0 Å². The van der Waals surface area contributed by atoms with E-state index in [1.54, 1.807) is 31.2 Å². The summed E-state index contributed by atoms with van der Waals surface area (Å²) in [5, 5.41) is 12.4. The first-order chi connectivity index (χ1) is 10.0. The Hall–Kier alpha value is -2.14. The molecule has 0 atom stereocenters. The maximum Gasteiger partial charge on any atom is 0.242 e. The van der Waals surface area contributed by atoms with Crippen LogP contribution in [0.25, 0.3) is 0 Å². The molecule has 2 aromatic rings. The third-order valence-electron chi connectivity index (χ3n) is 2.60. The molecule has 1 aromatic heterocycles. The number of sulfonamides is 1. The van der Waals surface area contributed by atoms with E-state index < -0.39 is 10.0 Å². The van der Waals surface area contributed by atoms with Gasteiger partial charge in [-0.1, -0.05) is 29.1 Å². The van der Waals surface area contributed by atoms with Crippen molar-refractivity contribution >= 4 is 10.0 Å². The molecular weight excluding hydrogens is 292 g/mol. The van der Waals surface area contributed by atoms with Gasteiger partial charge in [-0.2, -0.15) is 0 Å². The van der Waals surface area contributed by atoms with Gasteiger partial charge in [0.1, 0.15) is 12.4 Å². The summed E-state index contributed by atoms with van der Waals surface area (Å²) in [6.45, 7) is 1.42. The minimum Gasteiger partial charge on any atom is -0.384 e. The average molecular weight is 306 g/mol. The van der Waals surface area contributed by atoms with Crippen LogP contribution in [0.3, 0.4) is 0 Å². The normalized spacial score (nSPS) is 11.0. The molecule has 1 heterocycles. The summed E-state index contributed by atoms with van der Waals surface area (Å²) < 4.78 is 31.9. The molecule has 0 fully saturated rings. The molecule has 2 N–H and O–H groups in total. The number of benzene rings is 1. The molecule has 0 saturated heterocycles. The minimum atomic E-state index is -3.73. The van der Waals surface area contributed by atoms with E-state index in [0.29, 0.717) is 17.0 Å². The highest BCUT2D eigenvalue weighted by atomic mass is 32.2. The summed E-state index contributed by atoms with van der Waals surface area (Å²) in [6.07, 6.45) is 0. The second-order valence-electron chi connectivity index (χ2n) is 4.21. The van der Waals surface area contributed by atoms with Crippen LogP contribution >= 0.6 is 0 Å². The van der Waals surface area contributed by atoms with Crippen LogP contribution in [0.1, 0.15) is 17.0 Å². The fourth-order valence-electron chi connectivity index (χ4n) is 1.69. The van der Waals surface area contributed by atoms with Gasteiger partial charge in [0.15, 0.2) is 0 Å². The molecule has 0 amide bonds. The summed E-state index contributed by atoms with van der Waals surface area (Å²) in [4.78, 5) is 0.0613. The lowest BCUT2D eigenvalue weighted by Gasteiger charge is -2.07. The molecule has 0 saturated carbocycles. The molecule has 7 heteroatoms. The van der Waals surface area contributed by atoms with Crippen LogP contribution in [-0.2, 0) is 16.6 Å². The van der Waals surface area contributed by atoms with E-state index in [1.165, 1.54) is 6.07 Å². The minimum absolute atomic E-state index is 0.0292. The lowest BCUT2D eigenvalue weighted by atomic mass is 10.2. The first-order valence-corrected chi connectivity index (χ1v) is 7.62. The summed E-state index contributed by atoms with van der Waals surface area (Å²) in [7, 11) is -3.73. The molecule has 0 bridgehead atoms. The predicted octanol–water partition coefficient (Wildman–Crippen LogP) is 0.805. The standard InChI is InChI=1S/C14H14N2O4S/c1-11-9-13(16-20-11)10-15-21(18,19)14-7-3-2-5-12(14)6-4-8-17/h2-3,5,7,9,15,17H,8,10H2,1H3. The number of nitrogens with zero attached hydrogens (tertiary/aromatic N) is 1. The highest BCUT2D eigenvalue weighted by molar-refractivity contribution is 7.89. The Labute approximate surface area is 122 Å². The van der Waals surface area contributed by atoms with E-state index in [-0.39, 0.29) is 18.0 Å². The predicted molar refractivity (Wildman–Crippen MR) is 75.7 cm³/mol. The van der Waals surface area contributed by atoms with E-state index in [2.05, 4.69) is 21.7 Å². The van der Waals surface area contributed by atoms with Crippen molar-refractivity contribution in [2.24, 2.45) is 0 Å². The van der Waals surface area contributed by atoms with Crippen LogP contribution in [0.4, 0.5) is 0 Å². The van der Waals surface area contributed by atoms with Crippen molar-refractivity contribution in [3.8, 4) is 11.8 Å². The molecule has 2 rings (SSSR count). The van der Waals surface area contributed by atoms with Gasteiger partial charge in [-0.15, -0.1) is 0 Å². The summed E-state index contributed by atoms with van der Waals surface area (Å²) in [5.41, 5.74) is 0.824. The van der Waals surface area contributed by atoms with Gasteiger partial charge in [-0.25, -0.2) is 13.1 Å². The molecule has 110 valence electrons. The summed E-state index contributed by atoms with van der Waals surface area (Å²) in [6, 6.07) is 7.98. The number of rotatable bonds is 4. The topological polar surface area (TPSA) is 92.4 Å². The number of aromatic nitrogens is 1. The average Bonchev–Trinajstić information content (AvgIpc) is 2.89. The van der Waals surface area contributed by atoms with E-state index in [1.807, 2.05) is 0 Å². The van der Waals surface area contributed by atoms with Gasteiger partial charge >= 0.3 is 0 Å². The summed E-state index contributed by atoms with van der Waals surface area (Å²) in [5.74, 6) is 5.67. The first kappa shape index (κ1) is 15.3. The van der Waals surface area contributed by atoms with Crippen molar-refractivity contribution in [1.29, 1.82) is 0 Å². The third-order valence-corrected chi connectivity index (χ3v) is 4.06. The number of aliphatic hydroxyl groups is 1. The number of hydrogen-bond acceptors (Lipinski definition) is 5. The van der Waals surface area contributed by atoms with Crippen molar-refractivity contribution in [3.05, 3.63) is 47.3 Å². The van der Waals surface area contributed by atoms with Gasteiger partial charge in [0.2, 0.25) is 10.0 Å². The molecule has 0 unspecified atom stereocenters. The molecule has 0 aliphatic rings. The Balaban J connectivity index is 2.23. The first-order valence-electron chi connectivity index (χ1n) is 6.13. The third kappa shape index (κ3) is 3.92. The fraction of sp³-hybridized carbons (Fsp3) is 0.214. The molecule has 21 heavy (non-hydrogen) atoms. The SMILES string of the molecule is Cc1cc(CNS(=O)(=O)c2ccccc2C#CCO)no1. The quantitative estimate of drug-likeness (QED) is 0.815. The van der Waals surface area contributed by atoms with E-state index in [9.17, 15) is 8.42 Å². The van der Waals surface area contributed by atoms with Gasteiger partial charge < -0.3 is 9.63 Å². The van der Waals surface area contributed by atoms with Gasteiger partial charge in [0.05, 0.1) is 17.1 Å². The smallest absolute Gasteiger partial charge is 0.242 e. The van der Waals surface area contributed by atoms with E-state index in [0.717, 1.165) is 0 Å². The Bertz CT molecular complexity index is 785. The molecule has 0 spiro atoms. The van der Waals surface area contributed by atoms with Crippen molar-refractivity contribution in [2.75, 3.05) is 6.61 Å². The van der Waals surface area contributed by atoms with Crippen molar-refractivity contribution < 1.29 is 18.0 Å². The Morgan fingerprint density at radius 2 is 2.14 bits per heavy atom. The number of hydrogen-bond donors (Lipinski definition) is 2. The maximum absolute atomic E-state index is 12.3. The number of nitrogens with one attached hydrogen (secondary N) is 1. The second-order valence-corrected chi connectivity index (χ2v) is 5.94. The Morgan fingerprint density at radius 1 is 1.38 bits per heavy atom. The zero-order chi connectivity index (χ0) is 15.3. The molecule has 1 aromatic carbocycles. The molecule has 0 aliphatic carbocycles. The van der Waals surface area contributed by atoms with E-state index >= 15 is 0 Å². The molecule has 0 radical (unpaired) electrons. The van der Waals surface area contributed by atoms with Gasteiger partial charge in [0.25, 0.3) is 0 Å². The highest BCUT2D eigenvalue weighted by Crippen LogP contribution is 2.14. The second kappa shape index (κ2) is 6.54. The van der Waals surface area contributed by atoms with Crippen LogP contribution in [0.2, 0.25) is 0 Å². The van der Waals surface area contributed by atoms with Crippen LogP contribution in [0.15, 0.2) is 39.8 Å². The molecular formula is C14H14N2O4S. The van der Waals surface area contributed by atoms with Gasteiger partial charge in [-0.3, -0.25) is 0 Å². The summed E-state index contributed by atoms with van der Waals surface area (Å²) >= 11 is 0. The van der Waals surface area contributed by atoms with Crippen molar-refractivity contribution in [1.82, 2.24) is 9.88 Å². The zero-order valence-corrected chi connectivity index (χ0v) is 12.1. The zero-order valence-electron chi connectivity index (χ0n) is 11.3. The van der Waals surface area contributed by atoms with Crippen LogP contribution < -0.4 is 4.72 Å². The molecule has 0 aliphatic heterocycles. The maximum atomic E-state index is 12.3. The lowest BCUT2D eigenvalue weighted by molar-refractivity contribution is 0.350. The fourth-order valence-corrected chi connectivity index (χ4v) is 2.85. The van der Waals surface area contributed by atoms with Crippen molar-refractivity contribution in [2.45, 2.75) is 18.4 Å². The monoisotopic (exact) mass is 306 g/mol. The largest absolute Gasteiger partial charge is 0.384 e. The van der Waals surface area contributed by atoms with Crippen LogP contribution in [-0.4, -0.2) is 25.3 Å². The highest BCUT2D eigenvalue weighted by Gasteiger charge is 2.17. The number of aryl methyl sites for hydroxylation is 1. The Kier molecular flexibility index (Phi) is 4.75. The lowest BCUT2D eigenvalue weighted by Crippen LogP contribution is -2.24. The molecule has 6 nitrogen and oxygen atoms in total. The van der Waals surface area contributed by atoms with Crippen LogP contribution in [0, 0.1) is 18.8 Å². The van der Waals surface area contributed by atoms with Gasteiger partial charge in [-0.05, 0) is 19.1 Å². The van der Waals surface area contributed by atoms with Gasteiger partial charge in [0, 0.05) is 11.6 Å².